The van der Waals surface area contributed by atoms with Gasteiger partial charge in [-0.2, -0.15) is 4.98 Å². The van der Waals surface area contributed by atoms with Gasteiger partial charge in [0.05, 0.1) is 12.1 Å². The van der Waals surface area contributed by atoms with Crippen LogP contribution in [-0.2, 0) is 11.1 Å². The maximum atomic E-state index is 10.7. The summed E-state index contributed by atoms with van der Waals surface area (Å²) in [5.41, 5.74) is -0.756. The highest BCUT2D eigenvalue weighted by molar-refractivity contribution is 7.79. The largest absolute Gasteiger partial charge is 0.767 e. The van der Waals surface area contributed by atoms with Gasteiger partial charge in [0.25, 0.3) is 0 Å². The van der Waals surface area contributed by atoms with Crippen molar-refractivity contribution < 1.29 is 13.5 Å². The quantitative estimate of drug-likeness (QED) is 0.476. The zero-order valence-electron chi connectivity index (χ0n) is 6.07. The summed E-state index contributed by atoms with van der Waals surface area (Å²) in [4.78, 5) is 16.0. The van der Waals surface area contributed by atoms with Gasteiger partial charge >= 0.3 is 5.69 Å². The molecule has 0 aliphatic carbocycles. The average Bonchev–Trinajstić information content (AvgIpc) is 2.03. The molecule has 0 radical (unpaired) electrons. The second kappa shape index (κ2) is 3.46. The van der Waals surface area contributed by atoms with Gasteiger partial charge in [0.15, 0.2) is 0 Å². The third-order valence-electron chi connectivity index (χ3n) is 1.09. The summed E-state index contributed by atoms with van der Waals surface area (Å²) < 4.78 is 25.3. The maximum absolute atomic E-state index is 10.7. The van der Waals surface area contributed by atoms with Gasteiger partial charge in [-0.1, -0.05) is 0 Å². The molecule has 0 aliphatic heterocycles. The topological polar surface area (TPSA) is 95.1 Å². The molecule has 1 rings (SSSR count). The van der Waals surface area contributed by atoms with E-state index in [0.717, 1.165) is 6.07 Å². The van der Waals surface area contributed by atoms with Crippen LogP contribution in [-0.4, -0.2) is 25.8 Å². The van der Waals surface area contributed by atoms with Gasteiger partial charge < -0.3 is 9.29 Å². The van der Waals surface area contributed by atoms with Crippen LogP contribution in [0.25, 0.3) is 0 Å². The Kier molecular flexibility index (Phi) is 2.56. The van der Waals surface area contributed by atoms with Crippen molar-refractivity contribution >= 4 is 11.1 Å². The number of hydrogen-bond acceptors (Lipinski definition) is 5. The van der Waals surface area contributed by atoms with Crippen molar-refractivity contribution in [1.82, 2.24) is 9.97 Å². The fraction of sp³-hybridized carbons (Fsp3) is 0.200. The van der Waals surface area contributed by atoms with Crippen LogP contribution >= 0.6 is 0 Å². The molecule has 6 nitrogen and oxygen atoms in total. The Bertz CT molecular complexity index is 361. The number of ether oxygens (including phenoxy) is 1. The Morgan fingerprint density at radius 3 is 2.92 bits per heavy atom. The summed E-state index contributed by atoms with van der Waals surface area (Å²) in [6, 6.07) is 1.12. The summed E-state index contributed by atoms with van der Waals surface area (Å²) in [5.74, 6) is -0.0297. The van der Waals surface area contributed by atoms with E-state index in [2.05, 4.69) is 9.72 Å². The Labute approximate surface area is 69.9 Å². The predicted molar refractivity (Wildman–Crippen MR) is 38.6 cm³/mol. The van der Waals surface area contributed by atoms with Crippen molar-refractivity contribution in [1.29, 1.82) is 0 Å². The molecule has 1 N–H and O–H groups in total. The number of methoxy groups -OCH3 is 1. The molecule has 0 saturated heterocycles. The number of aromatic amines is 1. The second-order valence-corrected chi connectivity index (χ2v) is 2.74. The molecule has 1 unspecified atom stereocenters. The first-order valence-corrected chi connectivity index (χ1v) is 3.95. The molecule has 66 valence electrons. The minimum Gasteiger partial charge on any atom is -0.767 e. The Balaban J connectivity index is 3.24. The van der Waals surface area contributed by atoms with E-state index in [0.29, 0.717) is 0 Å². The lowest BCUT2D eigenvalue weighted by atomic mass is 10.6. The van der Waals surface area contributed by atoms with E-state index >= 15 is 0 Å². The van der Waals surface area contributed by atoms with Crippen molar-refractivity contribution in [3.8, 4) is 5.88 Å². The highest BCUT2D eigenvalue weighted by atomic mass is 32.2. The number of nitrogens with zero attached hydrogens (tertiary/aromatic N) is 1. The fourth-order valence-electron chi connectivity index (χ4n) is 0.608. The molecule has 12 heavy (non-hydrogen) atoms. The highest BCUT2D eigenvalue weighted by Gasteiger charge is 1.99. The van der Waals surface area contributed by atoms with Crippen molar-refractivity contribution in [2.24, 2.45) is 0 Å². The van der Waals surface area contributed by atoms with Gasteiger partial charge in [0.2, 0.25) is 5.88 Å². The molecule has 1 heterocycles. The predicted octanol–water partition coefficient (Wildman–Crippen LogP) is -0.984. The van der Waals surface area contributed by atoms with Crippen molar-refractivity contribution in [2.45, 2.75) is 5.03 Å². The number of rotatable bonds is 2. The molecule has 7 heteroatoms. The van der Waals surface area contributed by atoms with Gasteiger partial charge in [0.1, 0.15) is 0 Å². The third kappa shape index (κ3) is 1.89. The van der Waals surface area contributed by atoms with E-state index in [1.807, 2.05) is 4.98 Å². The van der Waals surface area contributed by atoms with Crippen LogP contribution in [0.1, 0.15) is 0 Å². The van der Waals surface area contributed by atoms with E-state index < -0.39 is 16.8 Å². The van der Waals surface area contributed by atoms with Crippen LogP contribution in [0.3, 0.4) is 0 Å². The SMILES string of the molecule is COc1cc(S(=O)[O-])[nH]c(=O)n1. The summed E-state index contributed by atoms with van der Waals surface area (Å²) in [6.45, 7) is 0. The Hall–Kier alpha value is -1.21. The van der Waals surface area contributed by atoms with E-state index in [4.69, 9.17) is 0 Å². The average molecular weight is 189 g/mol. The molecule has 0 saturated carbocycles. The Morgan fingerprint density at radius 2 is 2.42 bits per heavy atom. The first-order chi connectivity index (χ1) is 5.63. The van der Waals surface area contributed by atoms with E-state index in [1.165, 1.54) is 7.11 Å². The van der Waals surface area contributed by atoms with Crippen LogP contribution in [0.2, 0.25) is 0 Å². The van der Waals surface area contributed by atoms with Crippen LogP contribution < -0.4 is 10.4 Å². The van der Waals surface area contributed by atoms with Gasteiger partial charge in [0, 0.05) is 6.07 Å². The van der Waals surface area contributed by atoms with Crippen LogP contribution in [0.5, 0.6) is 5.88 Å². The first-order valence-electron chi connectivity index (χ1n) is 2.88. The molecular weight excluding hydrogens is 184 g/mol. The minimum atomic E-state index is -2.48. The standard InChI is InChI=1S/C5H6N2O4S/c1-11-3-2-4(12(9)10)7-5(8)6-3/h2H,1H3,(H,9,10)(H,6,7,8)/p-1. The lowest BCUT2D eigenvalue weighted by Crippen LogP contribution is -2.14. The summed E-state index contributed by atoms with van der Waals surface area (Å²) in [7, 11) is 1.29. The summed E-state index contributed by atoms with van der Waals surface area (Å²) in [5, 5.41) is -0.244. The molecule has 0 spiro atoms. The number of nitrogens with one attached hydrogen (secondary N) is 1. The normalized spacial score (nSPS) is 12.5. The molecule has 0 aromatic carbocycles. The van der Waals surface area contributed by atoms with Gasteiger partial charge in [-0.25, -0.2) is 4.79 Å². The van der Waals surface area contributed by atoms with Crippen molar-refractivity contribution in [3.05, 3.63) is 16.6 Å². The fourth-order valence-corrected chi connectivity index (χ4v) is 0.976. The summed E-state index contributed by atoms with van der Waals surface area (Å²) >= 11 is -2.48. The molecule has 0 aliphatic rings. The second-order valence-electron chi connectivity index (χ2n) is 1.83. The van der Waals surface area contributed by atoms with Crippen molar-refractivity contribution in [3.63, 3.8) is 0 Å². The molecular formula is C5H5N2O4S-. The lowest BCUT2D eigenvalue weighted by Gasteiger charge is -2.04. The molecule has 1 aromatic rings. The van der Waals surface area contributed by atoms with Gasteiger partial charge in [-0.15, -0.1) is 0 Å². The highest BCUT2D eigenvalue weighted by Crippen LogP contribution is 2.05. The number of aromatic nitrogens is 2. The molecule has 0 fully saturated rings. The Morgan fingerprint density at radius 1 is 1.75 bits per heavy atom. The zero-order valence-corrected chi connectivity index (χ0v) is 6.88. The number of H-pyrrole nitrogens is 1. The van der Waals surface area contributed by atoms with Crippen LogP contribution in [0.4, 0.5) is 0 Å². The maximum Gasteiger partial charge on any atom is 0.349 e. The van der Waals surface area contributed by atoms with E-state index in [9.17, 15) is 13.6 Å². The van der Waals surface area contributed by atoms with E-state index in [1.54, 1.807) is 0 Å². The summed E-state index contributed by atoms with van der Waals surface area (Å²) in [6.07, 6.45) is 0. The molecule has 0 amide bonds. The van der Waals surface area contributed by atoms with Crippen LogP contribution in [0, 0.1) is 0 Å². The van der Waals surface area contributed by atoms with Gasteiger partial charge in [-0.3, -0.25) is 9.19 Å². The minimum absolute atomic E-state index is 0.0297. The zero-order chi connectivity index (χ0) is 9.14. The first kappa shape index (κ1) is 8.88. The molecule has 0 bridgehead atoms. The lowest BCUT2D eigenvalue weighted by molar-refractivity contribution is 0.392. The monoisotopic (exact) mass is 189 g/mol. The van der Waals surface area contributed by atoms with Gasteiger partial charge in [-0.05, 0) is 11.1 Å². The van der Waals surface area contributed by atoms with Crippen molar-refractivity contribution in [2.75, 3.05) is 7.11 Å². The van der Waals surface area contributed by atoms with E-state index in [-0.39, 0.29) is 10.9 Å². The third-order valence-corrected chi connectivity index (χ3v) is 1.66. The number of hydrogen-bond donors (Lipinski definition) is 1. The molecule has 1 aromatic heterocycles. The smallest absolute Gasteiger partial charge is 0.349 e. The molecule has 1 atom stereocenters. The van der Waals surface area contributed by atoms with Crippen LogP contribution in [0.15, 0.2) is 15.9 Å².